The van der Waals surface area contributed by atoms with Gasteiger partial charge in [-0.15, -0.1) is 0 Å². The average molecular weight is 288 g/mol. The van der Waals surface area contributed by atoms with E-state index in [1.807, 2.05) is 27.7 Å². The van der Waals surface area contributed by atoms with Crippen molar-refractivity contribution in [2.45, 2.75) is 53.2 Å². The number of nitrogens with zero attached hydrogens (tertiary/aromatic N) is 2. The minimum Gasteiger partial charge on any atom is -0.480 e. The normalized spacial score (nSPS) is 12.9. The van der Waals surface area contributed by atoms with E-state index in [4.69, 9.17) is 11.6 Å². The Bertz CT molecular complexity index is 443. The molecular formula is C13H22ClN3O2. The van der Waals surface area contributed by atoms with Crippen molar-refractivity contribution < 1.29 is 9.90 Å². The first-order valence-corrected chi connectivity index (χ1v) is 6.92. The van der Waals surface area contributed by atoms with Crippen molar-refractivity contribution in [1.29, 1.82) is 0 Å². The Hall–Kier alpha value is -1.07. The predicted molar refractivity (Wildman–Crippen MR) is 75.4 cm³/mol. The molecule has 0 aromatic carbocycles. The number of aromatic nitrogens is 2. The first kappa shape index (κ1) is 16.0. The molecule has 0 radical (unpaired) electrons. The van der Waals surface area contributed by atoms with E-state index in [2.05, 4.69) is 10.4 Å². The van der Waals surface area contributed by atoms with Crippen molar-refractivity contribution in [2.75, 3.05) is 0 Å². The second-order valence-corrected chi connectivity index (χ2v) is 5.44. The second kappa shape index (κ2) is 6.91. The van der Waals surface area contributed by atoms with Gasteiger partial charge in [-0.3, -0.25) is 14.8 Å². The molecule has 1 aromatic heterocycles. The molecule has 6 heteroatoms. The lowest BCUT2D eigenvalue weighted by Crippen LogP contribution is -2.37. The summed E-state index contributed by atoms with van der Waals surface area (Å²) in [7, 11) is 0. The van der Waals surface area contributed by atoms with E-state index in [9.17, 15) is 9.90 Å². The number of hydrogen-bond acceptors (Lipinski definition) is 3. The van der Waals surface area contributed by atoms with E-state index in [1.54, 1.807) is 4.68 Å². The fourth-order valence-electron chi connectivity index (χ4n) is 2.00. The standard InChI is InChI=1S/C13H22ClN3O2/c1-5-17-11(12(14)9(4)16-17)7-15-10(13(18)19)6-8(2)3/h8,10,15H,5-7H2,1-4H3,(H,18,19). The van der Waals surface area contributed by atoms with Gasteiger partial charge in [0.2, 0.25) is 0 Å². The smallest absolute Gasteiger partial charge is 0.320 e. The lowest BCUT2D eigenvalue weighted by atomic mass is 10.0. The van der Waals surface area contributed by atoms with Crippen molar-refractivity contribution in [2.24, 2.45) is 5.92 Å². The maximum Gasteiger partial charge on any atom is 0.320 e. The van der Waals surface area contributed by atoms with Gasteiger partial charge in [0.25, 0.3) is 0 Å². The third-order valence-electron chi connectivity index (χ3n) is 2.97. The van der Waals surface area contributed by atoms with Crippen molar-refractivity contribution in [3.05, 3.63) is 16.4 Å². The summed E-state index contributed by atoms with van der Waals surface area (Å²) < 4.78 is 1.80. The number of aliphatic carboxylic acids is 1. The van der Waals surface area contributed by atoms with E-state index in [0.29, 0.717) is 30.5 Å². The fourth-order valence-corrected chi connectivity index (χ4v) is 2.20. The van der Waals surface area contributed by atoms with Crippen LogP contribution in [-0.4, -0.2) is 26.9 Å². The van der Waals surface area contributed by atoms with Gasteiger partial charge in [0, 0.05) is 13.1 Å². The number of carboxylic acid groups (broad SMARTS) is 1. The van der Waals surface area contributed by atoms with Crippen LogP contribution >= 0.6 is 11.6 Å². The molecule has 0 saturated carbocycles. The first-order valence-electron chi connectivity index (χ1n) is 6.54. The number of rotatable bonds is 7. The lowest BCUT2D eigenvalue weighted by molar-refractivity contribution is -0.140. The van der Waals surface area contributed by atoms with Gasteiger partial charge < -0.3 is 5.11 Å². The van der Waals surface area contributed by atoms with Crippen LogP contribution in [0.25, 0.3) is 0 Å². The van der Waals surface area contributed by atoms with E-state index in [0.717, 1.165) is 11.4 Å². The zero-order valence-electron chi connectivity index (χ0n) is 11.9. The summed E-state index contributed by atoms with van der Waals surface area (Å²) in [6.45, 7) is 8.97. The average Bonchev–Trinajstić information content (AvgIpc) is 2.60. The Balaban J connectivity index is 2.76. The highest BCUT2D eigenvalue weighted by Crippen LogP contribution is 2.20. The molecule has 1 atom stereocenters. The van der Waals surface area contributed by atoms with Crippen LogP contribution in [-0.2, 0) is 17.9 Å². The largest absolute Gasteiger partial charge is 0.480 e. The van der Waals surface area contributed by atoms with Crippen LogP contribution in [0, 0.1) is 12.8 Å². The van der Waals surface area contributed by atoms with Gasteiger partial charge >= 0.3 is 5.97 Å². The molecular weight excluding hydrogens is 266 g/mol. The molecule has 1 aromatic rings. The van der Waals surface area contributed by atoms with Gasteiger partial charge in [-0.1, -0.05) is 25.4 Å². The number of hydrogen-bond donors (Lipinski definition) is 2. The van der Waals surface area contributed by atoms with Crippen LogP contribution < -0.4 is 5.32 Å². The zero-order valence-corrected chi connectivity index (χ0v) is 12.7. The molecule has 0 saturated heterocycles. The highest BCUT2D eigenvalue weighted by atomic mass is 35.5. The van der Waals surface area contributed by atoms with Gasteiger partial charge in [-0.25, -0.2) is 0 Å². The number of nitrogens with one attached hydrogen (secondary N) is 1. The van der Waals surface area contributed by atoms with Crippen molar-refractivity contribution in [3.8, 4) is 0 Å². The third-order valence-corrected chi connectivity index (χ3v) is 3.47. The molecule has 0 amide bonds. The Morgan fingerprint density at radius 3 is 2.63 bits per heavy atom. The maximum absolute atomic E-state index is 11.2. The summed E-state index contributed by atoms with van der Waals surface area (Å²) in [4.78, 5) is 11.2. The van der Waals surface area contributed by atoms with Gasteiger partial charge in [-0.05, 0) is 26.2 Å². The van der Waals surface area contributed by atoms with Crippen LogP contribution in [0.3, 0.4) is 0 Å². The molecule has 0 aliphatic rings. The molecule has 0 spiro atoms. The topological polar surface area (TPSA) is 67.2 Å². The first-order chi connectivity index (χ1) is 8.86. The van der Waals surface area contributed by atoms with Crippen LogP contribution in [0.2, 0.25) is 5.02 Å². The molecule has 19 heavy (non-hydrogen) atoms. The Labute approximate surface area is 118 Å². The maximum atomic E-state index is 11.2. The summed E-state index contributed by atoms with van der Waals surface area (Å²) in [6, 6.07) is -0.559. The highest BCUT2D eigenvalue weighted by molar-refractivity contribution is 6.31. The summed E-state index contributed by atoms with van der Waals surface area (Å²) in [5, 5.41) is 17.2. The molecule has 108 valence electrons. The fraction of sp³-hybridized carbons (Fsp3) is 0.692. The second-order valence-electron chi connectivity index (χ2n) is 5.06. The van der Waals surface area contributed by atoms with Gasteiger partial charge in [0.15, 0.2) is 0 Å². The molecule has 1 heterocycles. The molecule has 0 aliphatic heterocycles. The summed E-state index contributed by atoms with van der Waals surface area (Å²) >= 11 is 6.19. The minimum atomic E-state index is -0.830. The number of carbonyl (C=O) groups is 1. The summed E-state index contributed by atoms with van der Waals surface area (Å²) in [6.07, 6.45) is 0.589. The van der Waals surface area contributed by atoms with E-state index in [-0.39, 0.29) is 0 Å². The highest BCUT2D eigenvalue weighted by Gasteiger charge is 2.20. The van der Waals surface area contributed by atoms with Gasteiger partial charge in [-0.2, -0.15) is 5.10 Å². The van der Waals surface area contributed by atoms with Gasteiger partial charge in [0.05, 0.1) is 16.4 Å². The molecule has 2 N–H and O–H groups in total. The minimum absolute atomic E-state index is 0.321. The lowest BCUT2D eigenvalue weighted by Gasteiger charge is -2.17. The quantitative estimate of drug-likeness (QED) is 0.808. The third kappa shape index (κ3) is 4.21. The zero-order chi connectivity index (χ0) is 14.6. The molecule has 0 fully saturated rings. The Morgan fingerprint density at radius 2 is 2.16 bits per heavy atom. The van der Waals surface area contributed by atoms with Crippen LogP contribution in [0.15, 0.2) is 0 Å². The Kier molecular flexibility index (Phi) is 5.82. The van der Waals surface area contributed by atoms with E-state index >= 15 is 0 Å². The molecule has 1 unspecified atom stereocenters. The van der Waals surface area contributed by atoms with Crippen molar-refractivity contribution in [3.63, 3.8) is 0 Å². The number of carboxylic acids is 1. The molecule has 0 bridgehead atoms. The molecule has 0 aliphatic carbocycles. The van der Waals surface area contributed by atoms with Crippen LogP contribution in [0.4, 0.5) is 0 Å². The van der Waals surface area contributed by atoms with Gasteiger partial charge in [0.1, 0.15) is 6.04 Å². The van der Waals surface area contributed by atoms with Crippen LogP contribution in [0.5, 0.6) is 0 Å². The summed E-state index contributed by atoms with van der Waals surface area (Å²) in [5.41, 5.74) is 1.62. The van der Waals surface area contributed by atoms with E-state index in [1.165, 1.54) is 0 Å². The van der Waals surface area contributed by atoms with Crippen molar-refractivity contribution in [1.82, 2.24) is 15.1 Å². The Morgan fingerprint density at radius 1 is 1.53 bits per heavy atom. The number of aryl methyl sites for hydroxylation is 2. The predicted octanol–water partition coefficient (Wildman–Crippen LogP) is 2.45. The molecule has 1 rings (SSSR count). The van der Waals surface area contributed by atoms with E-state index < -0.39 is 12.0 Å². The molecule has 5 nitrogen and oxygen atoms in total. The van der Waals surface area contributed by atoms with Crippen molar-refractivity contribution >= 4 is 17.6 Å². The monoisotopic (exact) mass is 287 g/mol. The SMILES string of the molecule is CCn1nc(C)c(Cl)c1CNC(CC(C)C)C(=O)O. The number of halogens is 1. The summed E-state index contributed by atoms with van der Waals surface area (Å²) in [5.74, 6) is -0.508. The van der Waals surface area contributed by atoms with Crippen LogP contribution in [0.1, 0.15) is 38.6 Å².